The van der Waals surface area contributed by atoms with Crippen LogP contribution in [0.1, 0.15) is 71.6 Å². The van der Waals surface area contributed by atoms with Crippen molar-refractivity contribution < 1.29 is 15.0 Å². The van der Waals surface area contributed by atoms with Crippen molar-refractivity contribution in [2.45, 2.75) is 83.8 Å². The van der Waals surface area contributed by atoms with Gasteiger partial charge in [-0.05, 0) is 49.9 Å². The molecule has 3 nitrogen and oxygen atoms in total. The molecule has 0 spiro atoms. The molecule has 3 saturated carbocycles. The van der Waals surface area contributed by atoms with Gasteiger partial charge in [0.2, 0.25) is 0 Å². The van der Waals surface area contributed by atoms with Gasteiger partial charge < -0.3 is 10.2 Å². The molecule has 0 aromatic heterocycles. The maximum absolute atomic E-state index is 12.2. The van der Waals surface area contributed by atoms with Crippen molar-refractivity contribution in [1.29, 1.82) is 0 Å². The highest BCUT2D eigenvalue weighted by molar-refractivity contribution is 5.93. The van der Waals surface area contributed by atoms with E-state index in [4.69, 9.17) is 0 Å². The summed E-state index contributed by atoms with van der Waals surface area (Å²) < 4.78 is 0. The lowest BCUT2D eigenvalue weighted by Crippen LogP contribution is -2.62. The standard InChI is InChI=1S/C19H32O3/c1-12-17-15(16(21)9-10-19(17,2)18(12)22)8-7-14(20)11-13-5-3-4-6-13/h12-17,20-21H,3-11H2,1-2H3/t12?,14-,15-,16+,17+,19-/m1/s1. The molecule has 0 amide bonds. The summed E-state index contributed by atoms with van der Waals surface area (Å²) in [6.07, 6.45) is 8.83. The highest BCUT2D eigenvalue weighted by Crippen LogP contribution is 2.59. The van der Waals surface area contributed by atoms with Crippen LogP contribution >= 0.6 is 0 Å². The van der Waals surface area contributed by atoms with E-state index >= 15 is 0 Å². The van der Waals surface area contributed by atoms with Crippen molar-refractivity contribution in [2.75, 3.05) is 0 Å². The van der Waals surface area contributed by atoms with Crippen molar-refractivity contribution >= 4 is 5.78 Å². The fourth-order valence-electron chi connectivity index (χ4n) is 5.84. The molecule has 22 heavy (non-hydrogen) atoms. The normalized spacial score (nSPS) is 43.7. The molecule has 0 aromatic carbocycles. The molecule has 0 aromatic rings. The number of hydrogen-bond donors (Lipinski definition) is 2. The highest BCUT2D eigenvalue weighted by Gasteiger charge is 2.61. The fourth-order valence-corrected chi connectivity index (χ4v) is 5.84. The lowest BCUT2D eigenvalue weighted by atomic mass is 9.45. The molecule has 3 fully saturated rings. The highest BCUT2D eigenvalue weighted by atomic mass is 16.3. The van der Waals surface area contributed by atoms with Crippen LogP contribution in [0.3, 0.4) is 0 Å². The molecule has 0 saturated heterocycles. The van der Waals surface area contributed by atoms with Crippen LogP contribution in [0.4, 0.5) is 0 Å². The summed E-state index contributed by atoms with van der Waals surface area (Å²) in [6, 6.07) is 0. The first kappa shape index (κ1) is 16.4. The van der Waals surface area contributed by atoms with Crippen LogP contribution in [0, 0.1) is 29.1 Å². The molecule has 3 aliphatic carbocycles. The van der Waals surface area contributed by atoms with Crippen LogP contribution in [0.5, 0.6) is 0 Å². The molecule has 1 unspecified atom stereocenters. The topological polar surface area (TPSA) is 57.5 Å². The molecule has 3 rings (SSSR count). The minimum atomic E-state index is -0.285. The summed E-state index contributed by atoms with van der Waals surface area (Å²) in [7, 11) is 0. The summed E-state index contributed by atoms with van der Waals surface area (Å²) >= 11 is 0. The summed E-state index contributed by atoms with van der Waals surface area (Å²) in [4.78, 5) is 12.2. The van der Waals surface area contributed by atoms with Crippen LogP contribution in [-0.4, -0.2) is 28.2 Å². The van der Waals surface area contributed by atoms with E-state index in [-0.39, 0.29) is 29.5 Å². The molecule has 0 aliphatic heterocycles. The van der Waals surface area contributed by atoms with Crippen LogP contribution in [0.2, 0.25) is 0 Å². The van der Waals surface area contributed by atoms with Crippen molar-refractivity contribution in [3.05, 3.63) is 0 Å². The van der Waals surface area contributed by atoms with Gasteiger partial charge in [-0.15, -0.1) is 0 Å². The van der Waals surface area contributed by atoms with E-state index in [2.05, 4.69) is 6.92 Å². The Hall–Kier alpha value is -0.410. The quantitative estimate of drug-likeness (QED) is 0.819. The first-order chi connectivity index (χ1) is 10.4. The summed E-state index contributed by atoms with van der Waals surface area (Å²) in [5.74, 6) is 1.71. The second-order valence-corrected chi connectivity index (χ2v) is 8.48. The van der Waals surface area contributed by atoms with E-state index in [9.17, 15) is 15.0 Å². The van der Waals surface area contributed by atoms with Gasteiger partial charge in [-0.1, -0.05) is 39.5 Å². The average Bonchev–Trinajstić information content (AvgIpc) is 3.00. The molecule has 126 valence electrons. The van der Waals surface area contributed by atoms with E-state index in [1.54, 1.807) is 0 Å². The number of hydrogen-bond acceptors (Lipinski definition) is 3. The first-order valence-electron chi connectivity index (χ1n) is 9.34. The van der Waals surface area contributed by atoms with Gasteiger partial charge in [-0.3, -0.25) is 4.79 Å². The minimum Gasteiger partial charge on any atom is -0.393 e. The SMILES string of the molecule is CC1C(=O)[C@]2(C)CC[C@H](O)[C@@H](CC[C@@H](O)CC3CCCC3)[C@H]12. The number of aliphatic hydroxyl groups is 2. The lowest BCUT2D eigenvalue weighted by Gasteiger charge is -2.58. The Morgan fingerprint density at radius 2 is 1.95 bits per heavy atom. The van der Waals surface area contributed by atoms with Crippen LogP contribution in [-0.2, 0) is 4.79 Å². The minimum absolute atomic E-state index is 0.0944. The molecule has 0 heterocycles. The van der Waals surface area contributed by atoms with Crippen LogP contribution < -0.4 is 0 Å². The first-order valence-corrected chi connectivity index (χ1v) is 9.34. The second-order valence-electron chi connectivity index (χ2n) is 8.48. The van der Waals surface area contributed by atoms with Crippen molar-refractivity contribution in [3.63, 3.8) is 0 Å². The number of Topliss-reactive ketones (excluding diaryl/α,β-unsaturated/α-hetero) is 1. The van der Waals surface area contributed by atoms with Gasteiger partial charge in [-0.25, -0.2) is 0 Å². The zero-order valence-electron chi connectivity index (χ0n) is 14.1. The smallest absolute Gasteiger partial charge is 0.142 e. The van der Waals surface area contributed by atoms with Gasteiger partial charge in [0, 0.05) is 11.3 Å². The zero-order valence-corrected chi connectivity index (χ0v) is 14.1. The predicted molar refractivity (Wildman–Crippen MR) is 86.3 cm³/mol. The Kier molecular flexibility index (Phi) is 4.66. The van der Waals surface area contributed by atoms with E-state index in [1.165, 1.54) is 25.7 Å². The molecule has 3 heteroatoms. The monoisotopic (exact) mass is 308 g/mol. The van der Waals surface area contributed by atoms with Crippen LogP contribution in [0.25, 0.3) is 0 Å². The van der Waals surface area contributed by atoms with E-state index in [0.717, 1.165) is 32.1 Å². The number of carbonyl (C=O) groups is 1. The van der Waals surface area contributed by atoms with Crippen molar-refractivity contribution in [3.8, 4) is 0 Å². The van der Waals surface area contributed by atoms with Crippen molar-refractivity contribution in [1.82, 2.24) is 0 Å². The molecular formula is C19H32O3. The fraction of sp³-hybridized carbons (Fsp3) is 0.947. The average molecular weight is 308 g/mol. The third-order valence-electron chi connectivity index (χ3n) is 7.08. The maximum atomic E-state index is 12.2. The second kappa shape index (κ2) is 6.24. The Morgan fingerprint density at radius 1 is 1.27 bits per heavy atom. The van der Waals surface area contributed by atoms with Gasteiger partial charge in [0.1, 0.15) is 5.78 Å². The van der Waals surface area contributed by atoms with Gasteiger partial charge in [-0.2, -0.15) is 0 Å². The number of fused-ring (bicyclic) bond motifs is 1. The maximum Gasteiger partial charge on any atom is 0.142 e. The molecule has 3 aliphatic rings. The lowest BCUT2D eigenvalue weighted by molar-refractivity contribution is -0.175. The third kappa shape index (κ3) is 2.75. The Morgan fingerprint density at radius 3 is 2.64 bits per heavy atom. The van der Waals surface area contributed by atoms with E-state index < -0.39 is 0 Å². The predicted octanol–water partition coefficient (Wildman–Crippen LogP) is 3.32. The Balaban J connectivity index is 1.55. The molecular weight excluding hydrogens is 276 g/mol. The van der Waals surface area contributed by atoms with Gasteiger partial charge in [0.05, 0.1) is 12.2 Å². The van der Waals surface area contributed by atoms with Gasteiger partial charge in [0.15, 0.2) is 0 Å². The Labute approximate surface area is 134 Å². The van der Waals surface area contributed by atoms with Gasteiger partial charge >= 0.3 is 0 Å². The number of carbonyl (C=O) groups excluding carboxylic acids is 1. The van der Waals surface area contributed by atoms with E-state index in [1.807, 2.05) is 6.92 Å². The van der Waals surface area contributed by atoms with Gasteiger partial charge in [0.25, 0.3) is 0 Å². The summed E-state index contributed by atoms with van der Waals surface area (Å²) in [5, 5.41) is 20.7. The number of rotatable bonds is 5. The number of aliphatic hydroxyl groups excluding tert-OH is 2. The zero-order chi connectivity index (χ0) is 15.9. The molecule has 2 N–H and O–H groups in total. The summed E-state index contributed by atoms with van der Waals surface area (Å²) in [6.45, 7) is 4.11. The largest absolute Gasteiger partial charge is 0.393 e. The third-order valence-corrected chi connectivity index (χ3v) is 7.08. The molecule has 0 radical (unpaired) electrons. The van der Waals surface area contributed by atoms with Crippen molar-refractivity contribution in [2.24, 2.45) is 29.1 Å². The molecule has 0 bridgehead atoms. The van der Waals surface area contributed by atoms with E-state index in [0.29, 0.717) is 17.6 Å². The Bertz CT molecular complexity index is 415. The summed E-state index contributed by atoms with van der Waals surface area (Å²) in [5.41, 5.74) is -0.195. The molecule has 6 atom stereocenters. The van der Waals surface area contributed by atoms with Crippen LogP contribution in [0.15, 0.2) is 0 Å². The number of ketones is 1.